The van der Waals surface area contributed by atoms with Crippen molar-refractivity contribution in [3.63, 3.8) is 0 Å². The highest BCUT2D eigenvalue weighted by atomic mass is 19.1. The quantitative estimate of drug-likeness (QED) is 0.455. The summed E-state index contributed by atoms with van der Waals surface area (Å²) < 4.78 is 31.6. The van der Waals surface area contributed by atoms with Gasteiger partial charge in [0.1, 0.15) is 17.5 Å². The SMILES string of the molecule is CCc1c(C(=O)Nc2cc(-c3nnc4n3CCCCC4)ccc2F)cnn1-c1ccc(F)cc1. The average molecular weight is 463 g/mol. The maximum absolute atomic E-state index is 14.7. The number of rotatable bonds is 5. The highest BCUT2D eigenvalue weighted by Crippen LogP contribution is 2.27. The first kappa shape index (κ1) is 21.9. The molecule has 0 radical (unpaired) electrons. The summed E-state index contributed by atoms with van der Waals surface area (Å²) in [5.74, 6) is 0.235. The van der Waals surface area contributed by atoms with Gasteiger partial charge in [0, 0.05) is 18.5 Å². The first-order valence-corrected chi connectivity index (χ1v) is 11.4. The molecule has 0 spiro atoms. The summed E-state index contributed by atoms with van der Waals surface area (Å²) >= 11 is 0. The van der Waals surface area contributed by atoms with Crippen molar-refractivity contribution >= 4 is 11.6 Å². The second-order valence-corrected chi connectivity index (χ2v) is 8.30. The van der Waals surface area contributed by atoms with Crippen molar-refractivity contribution in [1.29, 1.82) is 0 Å². The molecular weight excluding hydrogens is 438 g/mol. The standard InChI is InChI=1S/C25H24F2N6O/c1-2-22-19(15-28-33(22)18-10-8-17(26)9-11-18)25(34)29-21-14-16(7-12-20(21)27)24-31-30-23-6-4-3-5-13-32(23)24/h7-12,14-15H,2-6,13H2,1H3,(H,29,34). The van der Waals surface area contributed by atoms with Crippen LogP contribution in [0.1, 0.15) is 48.1 Å². The van der Waals surface area contributed by atoms with Crippen LogP contribution in [0.5, 0.6) is 0 Å². The summed E-state index contributed by atoms with van der Waals surface area (Å²) in [6.07, 6.45) is 6.08. The minimum Gasteiger partial charge on any atom is -0.319 e. The van der Waals surface area contributed by atoms with E-state index in [0.29, 0.717) is 34.8 Å². The average Bonchev–Trinajstić information content (AvgIpc) is 3.38. The molecule has 0 unspecified atom stereocenters. The number of hydrogen-bond acceptors (Lipinski definition) is 4. The van der Waals surface area contributed by atoms with Gasteiger partial charge in [0.25, 0.3) is 5.91 Å². The Bertz CT molecular complexity index is 1340. The molecule has 0 atom stereocenters. The summed E-state index contributed by atoms with van der Waals surface area (Å²) in [5, 5.41) is 15.6. The van der Waals surface area contributed by atoms with Gasteiger partial charge in [0.2, 0.25) is 0 Å². The van der Waals surface area contributed by atoms with E-state index in [2.05, 4.69) is 25.2 Å². The molecule has 1 amide bonds. The van der Waals surface area contributed by atoms with Crippen LogP contribution in [0.3, 0.4) is 0 Å². The van der Waals surface area contributed by atoms with Gasteiger partial charge < -0.3 is 9.88 Å². The predicted octanol–water partition coefficient (Wildman–Crippen LogP) is 4.95. The number of nitrogens with zero attached hydrogens (tertiary/aromatic N) is 5. The second-order valence-electron chi connectivity index (χ2n) is 8.30. The molecule has 0 saturated heterocycles. The summed E-state index contributed by atoms with van der Waals surface area (Å²) in [5.41, 5.74) is 2.36. The first-order valence-electron chi connectivity index (χ1n) is 11.4. The van der Waals surface area contributed by atoms with E-state index >= 15 is 0 Å². The molecule has 1 N–H and O–H groups in total. The molecule has 174 valence electrons. The number of aryl methyl sites for hydroxylation is 1. The summed E-state index contributed by atoms with van der Waals surface area (Å²) in [7, 11) is 0. The molecule has 0 bridgehead atoms. The number of benzene rings is 2. The molecule has 2 aromatic heterocycles. The molecule has 0 saturated carbocycles. The second kappa shape index (κ2) is 9.17. The van der Waals surface area contributed by atoms with Crippen molar-refractivity contribution in [1.82, 2.24) is 24.5 Å². The molecule has 7 nitrogen and oxygen atoms in total. The highest BCUT2D eigenvalue weighted by Gasteiger charge is 2.21. The molecule has 0 fully saturated rings. The van der Waals surface area contributed by atoms with Gasteiger partial charge in [0.15, 0.2) is 5.82 Å². The Morgan fingerprint density at radius 3 is 2.68 bits per heavy atom. The molecule has 34 heavy (non-hydrogen) atoms. The molecule has 3 heterocycles. The predicted molar refractivity (Wildman–Crippen MR) is 124 cm³/mol. The largest absolute Gasteiger partial charge is 0.319 e. The maximum Gasteiger partial charge on any atom is 0.259 e. The fourth-order valence-electron chi connectivity index (χ4n) is 4.36. The van der Waals surface area contributed by atoms with E-state index in [-0.39, 0.29) is 11.5 Å². The Hall–Kier alpha value is -3.88. The molecule has 5 rings (SSSR count). The van der Waals surface area contributed by atoms with Crippen molar-refractivity contribution in [3.8, 4) is 17.1 Å². The van der Waals surface area contributed by atoms with Crippen molar-refractivity contribution in [3.05, 3.63) is 77.4 Å². The van der Waals surface area contributed by atoms with E-state index in [9.17, 15) is 13.6 Å². The number of amides is 1. The van der Waals surface area contributed by atoms with E-state index in [1.807, 2.05) is 6.92 Å². The molecule has 4 aromatic rings. The number of fused-ring (bicyclic) bond motifs is 1. The third-order valence-corrected chi connectivity index (χ3v) is 6.10. The minimum atomic E-state index is -0.545. The Labute approximate surface area is 195 Å². The van der Waals surface area contributed by atoms with Crippen molar-refractivity contribution in [2.75, 3.05) is 5.32 Å². The number of anilines is 1. The first-order chi connectivity index (χ1) is 16.5. The number of nitrogens with one attached hydrogen (secondary N) is 1. The normalized spacial score (nSPS) is 13.4. The minimum absolute atomic E-state index is 0.0602. The molecule has 9 heteroatoms. The van der Waals surface area contributed by atoms with Crippen LogP contribution in [-0.4, -0.2) is 30.5 Å². The Morgan fingerprint density at radius 1 is 1.06 bits per heavy atom. The fraction of sp³-hybridized carbons (Fsp3) is 0.280. The van der Waals surface area contributed by atoms with Crippen molar-refractivity contribution in [2.45, 2.75) is 45.6 Å². The lowest BCUT2D eigenvalue weighted by atomic mass is 10.1. The molecule has 0 aliphatic carbocycles. The smallest absolute Gasteiger partial charge is 0.259 e. The Kier molecular flexibility index (Phi) is 5.91. The lowest BCUT2D eigenvalue weighted by Gasteiger charge is -2.11. The number of halogens is 2. The Balaban J connectivity index is 1.44. The highest BCUT2D eigenvalue weighted by molar-refractivity contribution is 6.05. The van der Waals surface area contributed by atoms with Gasteiger partial charge in [-0.1, -0.05) is 13.3 Å². The van der Waals surface area contributed by atoms with E-state index in [4.69, 9.17) is 0 Å². The van der Waals surface area contributed by atoms with Gasteiger partial charge in [-0.3, -0.25) is 4.79 Å². The molecule has 1 aliphatic rings. The molecular formula is C25H24F2N6O. The van der Waals surface area contributed by atoms with Crippen LogP contribution in [0.15, 0.2) is 48.7 Å². The van der Waals surface area contributed by atoms with Crippen LogP contribution in [0, 0.1) is 11.6 Å². The number of carbonyl (C=O) groups is 1. The number of carbonyl (C=O) groups excluding carboxylic acids is 1. The van der Waals surface area contributed by atoms with Crippen LogP contribution < -0.4 is 5.32 Å². The van der Waals surface area contributed by atoms with Crippen molar-refractivity contribution < 1.29 is 13.6 Å². The third kappa shape index (κ3) is 4.09. The van der Waals surface area contributed by atoms with E-state index in [0.717, 1.165) is 38.1 Å². The van der Waals surface area contributed by atoms with Gasteiger partial charge in [-0.05, 0) is 61.7 Å². The van der Waals surface area contributed by atoms with Crippen LogP contribution in [0.25, 0.3) is 17.1 Å². The van der Waals surface area contributed by atoms with Crippen LogP contribution in [0.2, 0.25) is 0 Å². The van der Waals surface area contributed by atoms with E-state index in [1.165, 1.54) is 24.4 Å². The third-order valence-electron chi connectivity index (χ3n) is 6.10. The van der Waals surface area contributed by atoms with Crippen molar-refractivity contribution in [2.24, 2.45) is 0 Å². The fourth-order valence-corrected chi connectivity index (χ4v) is 4.36. The van der Waals surface area contributed by atoms with Crippen LogP contribution in [-0.2, 0) is 19.4 Å². The lowest BCUT2D eigenvalue weighted by Crippen LogP contribution is -2.15. The van der Waals surface area contributed by atoms with Gasteiger partial charge in [-0.25, -0.2) is 13.5 Å². The maximum atomic E-state index is 14.7. The summed E-state index contributed by atoms with van der Waals surface area (Å²) in [4.78, 5) is 13.1. The molecule has 2 aromatic carbocycles. The monoisotopic (exact) mass is 462 g/mol. The van der Waals surface area contributed by atoms with Crippen LogP contribution in [0.4, 0.5) is 14.5 Å². The van der Waals surface area contributed by atoms with E-state index < -0.39 is 11.7 Å². The van der Waals surface area contributed by atoms with Crippen LogP contribution >= 0.6 is 0 Å². The zero-order valence-electron chi connectivity index (χ0n) is 18.8. The van der Waals surface area contributed by atoms with Gasteiger partial charge in [-0.2, -0.15) is 5.10 Å². The zero-order chi connectivity index (χ0) is 23.7. The lowest BCUT2D eigenvalue weighted by molar-refractivity contribution is 0.102. The van der Waals surface area contributed by atoms with Gasteiger partial charge >= 0.3 is 0 Å². The molecule has 1 aliphatic heterocycles. The Morgan fingerprint density at radius 2 is 1.88 bits per heavy atom. The van der Waals surface area contributed by atoms with Gasteiger partial charge in [0.05, 0.1) is 28.8 Å². The number of aromatic nitrogens is 5. The number of hydrogen-bond donors (Lipinski definition) is 1. The van der Waals surface area contributed by atoms with E-state index in [1.54, 1.807) is 28.9 Å². The van der Waals surface area contributed by atoms with Gasteiger partial charge in [-0.15, -0.1) is 10.2 Å². The summed E-state index contributed by atoms with van der Waals surface area (Å²) in [6, 6.07) is 10.4. The zero-order valence-corrected chi connectivity index (χ0v) is 18.8. The topological polar surface area (TPSA) is 77.6 Å². The summed E-state index contributed by atoms with van der Waals surface area (Å²) in [6.45, 7) is 2.71.